The van der Waals surface area contributed by atoms with Crippen molar-refractivity contribution in [1.82, 2.24) is 10.3 Å². The molecule has 0 aliphatic carbocycles. The van der Waals surface area contributed by atoms with E-state index in [1.54, 1.807) is 17.5 Å². The van der Waals surface area contributed by atoms with Crippen LogP contribution < -0.4 is 11.1 Å². The normalized spacial score (nSPS) is 11.6. The third-order valence-corrected chi connectivity index (χ3v) is 5.05. The number of hydrogen-bond donors (Lipinski definition) is 2. The minimum Gasteiger partial charge on any atom is -0.351 e. The first-order chi connectivity index (χ1) is 10.1. The number of amides is 1. The zero-order chi connectivity index (χ0) is 15.2. The Labute approximate surface area is 132 Å². The quantitative estimate of drug-likeness (QED) is 0.850. The molecule has 0 saturated heterocycles. The summed E-state index contributed by atoms with van der Waals surface area (Å²) >= 11 is 3.01. The van der Waals surface area contributed by atoms with Gasteiger partial charge in [0.25, 0.3) is 5.91 Å². The molecule has 2 aromatic heterocycles. The van der Waals surface area contributed by atoms with Crippen LogP contribution in [0.3, 0.4) is 0 Å². The van der Waals surface area contributed by atoms with E-state index in [1.165, 1.54) is 11.3 Å². The van der Waals surface area contributed by atoms with Gasteiger partial charge in [-0.05, 0) is 18.6 Å². The van der Waals surface area contributed by atoms with E-state index >= 15 is 0 Å². The summed E-state index contributed by atoms with van der Waals surface area (Å²) in [5.41, 5.74) is 6.38. The maximum absolute atomic E-state index is 12.2. The summed E-state index contributed by atoms with van der Waals surface area (Å²) in [5, 5.41) is 5.93. The van der Waals surface area contributed by atoms with Crippen LogP contribution in [0.4, 0.5) is 0 Å². The second-order valence-electron chi connectivity index (χ2n) is 4.61. The van der Waals surface area contributed by atoms with Crippen molar-refractivity contribution >= 4 is 28.6 Å². The average molecular weight is 319 g/mol. The number of rotatable bonds is 4. The van der Waals surface area contributed by atoms with Gasteiger partial charge in [0.2, 0.25) is 0 Å². The highest BCUT2D eigenvalue weighted by molar-refractivity contribution is 7.14. The zero-order valence-corrected chi connectivity index (χ0v) is 13.6. The van der Waals surface area contributed by atoms with E-state index in [4.69, 9.17) is 5.73 Å². The van der Waals surface area contributed by atoms with Gasteiger partial charge in [0.1, 0.15) is 0 Å². The molecule has 4 nitrogen and oxygen atoms in total. The van der Waals surface area contributed by atoms with Crippen LogP contribution in [0.25, 0.3) is 0 Å². The lowest BCUT2D eigenvalue weighted by atomic mass is 10.2. The molecule has 6 heteroatoms. The van der Waals surface area contributed by atoms with Gasteiger partial charge >= 0.3 is 0 Å². The molecule has 0 spiro atoms. The molecule has 110 valence electrons. The number of aromatic nitrogens is 1. The number of nitrogens with zero attached hydrogens (tertiary/aromatic N) is 1. The second-order valence-corrected chi connectivity index (χ2v) is 6.59. The Morgan fingerprint density at radius 1 is 1.57 bits per heavy atom. The summed E-state index contributed by atoms with van der Waals surface area (Å²) in [5.74, 6) is 5.96. The first-order valence-electron chi connectivity index (χ1n) is 6.58. The number of hydrogen-bond acceptors (Lipinski definition) is 5. The summed E-state index contributed by atoms with van der Waals surface area (Å²) in [6, 6.07) is 1.87. The molecule has 0 aliphatic rings. The van der Waals surface area contributed by atoms with Crippen LogP contribution in [-0.4, -0.2) is 24.0 Å². The lowest BCUT2D eigenvalue weighted by Crippen LogP contribution is -2.26. The molecule has 2 rings (SSSR count). The molecule has 0 aromatic carbocycles. The van der Waals surface area contributed by atoms with Crippen molar-refractivity contribution in [1.29, 1.82) is 0 Å². The molecule has 3 N–H and O–H groups in total. The number of carbonyl (C=O) groups is 1. The third-order valence-electron chi connectivity index (χ3n) is 2.89. The number of aryl methyl sites for hydroxylation is 1. The van der Waals surface area contributed by atoms with Crippen LogP contribution in [0.15, 0.2) is 17.6 Å². The largest absolute Gasteiger partial charge is 0.351 e. The Morgan fingerprint density at radius 2 is 2.38 bits per heavy atom. The van der Waals surface area contributed by atoms with E-state index in [1.807, 2.05) is 18.4 Å². The van der Waals surface area contributed by atoms with Gasteiger partial charge < -0.3 is 11.1 Å². The summed E-state index contributed by atoms with van der Waals surface area (Å²) in [7, 11) is 0. The fourth-order valence-electron chi connectivity index (χ4n) is 1.75. The van der Waals surface area contributed by atoms with Gasteiger partial charge in [-0.15, -0.1) is 22.7 Å². The molecule has 0 saturated carbocycles. The van der Waals surface area contributed by atoms with Gasteiger partial charge in [-0.25, -0.2) is 4.98 Å². The summed E-state index contributed by atoms with van der Waals surface area (Å²) in [6.07, 6.45) is 1.78. The standard InChI is InChI=1S/C15H17N3OS2/c1-10-8-13(21-12(10)4-3-5-16)14(19)18-9-11(2)15-17-6-7-20-15/h6-8,11H,5,9,16H2,1-2H3,(H,18,19). The lowest BCUT2D eigenvalue weighted by molar-refractivity contribution is 0.0955. The van der Waals surface area contributed by atoms with E-state index in [0.29, 0.717) is 18.0 Å². The minimum absolute atomic E-state index is 0.0627. The predicted octanol–water partition coefficient (Wildman–Crippen LogP) is 2.36. The van der Waals surface area contributed by atoms with Gasteiger partial charge in [-0.1, -0.05) is 18.8 Å². The van der Waals surface area contributed by atoms with Crippen molar-refractivity contribution in [3.63, 3.8) is 0 Å². The van der Waals surface area contributed by atoms with Crippen molar-refractivity contribution < 1.29 is 4.79 Å². The van der Waals surface area contributed by atoms with Gasteiger partial charge in [0, 0.05) is 24.0 Å². The topological polar surface area (TPSA) is 68.0 Å². The van der Waals surface area contributed by atoms with Crippen molar-refractivity contribution in [3.05, 3.63) is 38.0 Å². The molecule has 2 aromatic rings. The molecule has 0 aliphatic heterocycles. The van der Waals surface area contributed by atoms with Crippen molar-refractivity contribution in [2.75, 3.05) is 13.1 Å². The number of thiazole rings is 1. The molecule has 2 heterocycles. The van der Waals surface area contributed by atoms with Gasteiger partial charge in [-0.3, -0.25) is 4.79 Å². The molecule has 1 atom stereocenters. The summed E-state index contributed by atoms with van der Waals surface area (Å²) in [4.78, 5) is 18.0. The van der Waals surface area contributed by atoms with Gasteiger partial charge in [0.15, 0.2) is 0 Å². The maximum atomic E-state index is 12.2. The second kappa shape index (κ2) is 7.36. The first-order valence-corrected chi connectivity index (χ1v) is 8.28. The zero-order valence-electron chi connectivity index (χ0n) is 12.0. The van der Waals surface area contributed by atoms with E-state index < -0.39 is 0 Å². The lowest BCUT2D eigenvalue weighted by Gasteiger charge is -2.09. The average Bonchev–Trinajstić information content (AvgIpc) is 3.12. The first kappa shape index (κ1) is 15.7. The maximum Gasteiger partial charge on any atom is 0.261 e. The Hall–Kier alpha value is -1.68. The molecule has 0 bridgehead atoms. The van der Waals surface area contributed by atoms with Crippen LogP contribution in [-0.2, 0) is 0 Å². The van der Waals surface area contributed by atoms with Gasteiger partial charge in [0.05, 0.1) is 21.3 Å². The van der Waals surface area contributed by atoms with E-state index in [2.05, 4.69) is 29.1 Å². The Balaban J connectivity index is 1.97. The molecular formula is C15H17N3OS2. The number of thiophene rings is 1. The SMILES string of the molecule is Cc1cc(C(=O)NCC(C)c2nccs2)sc1C#CCN. The highest BCUT2D eigenvalue weighted by atomic mass is 32.1. The smallest absolute Gasteiger partial charge is 0.261 e. The molecule has 21 heavy (non-hydrogen) atoms. The molecule has 1 unspecified atom stereocenters. The monoisotopic (exact) mass is 319 g/mol. The van der Waals surface area contributed by atoms with Gasteiger partial charge in [-0.2, -0.15) is 0 Å². The third kappa shape index (κ3) is 4.14. The van der Waals surface area contributed by atoms with E-state index in [-0.39, 0.29) is 11.8 Å². The van der Waals surface area contributed by atoms with Crippen LogP contribution in [0.2, 0.25) is 0 Å². The fourth-order valence-corrected chi connectivity index (χ4v) is 3.41. The van der Waals surface area contributed by atoms with Crippen molar-refractivity contribution in [3.8, 4) is 11.8 Å². The van der Waals surface area contributed by atoms with Crippen LogP contribution in [0.5, 0.6) is 0 Å². The number of nitrogens with one attached hydrogen (secondary N) is 1. The minimum atomic E-state index is -0.0627. The van der Waals surface area contributed by atoms with Crippen LogP contribution in [0, 0.1) is 18.8 Å². The van der Waals surface area contributed by atoms with E-state index in [9.17, 15) is 4.79 Å². The number of nitrogens with two attached hydrogens (primary N) is 1. The Morgan fingerprint density at radius 3 is 3.05 bits per heavy atom. The molecular weight excluding hydrogens is 302 g/mol. The molecule has 0 fully saturated rings. The molecule has 1 amide bonds. The van der Waals surface area contributed by atoms with Crippen LogP contribution in [0.1, 0.15) is 38.0 Å². The highest BCUT2D eigenvalue weighted by Gasteiger charge is 2.14. The van der Waals surface area contributed by atoms with Crippen molar-refractivity contribution in [2.24, 2.45) is 5.73 Å². The summed E-state index contributed by atoms with van der Waals surface area (Å²) in [6.45, 7) is 4.90. The van der Waals surface area contributed by atoms with Crippen LogP contribution >= 0.6 is 22.7 Å². The predicted molar refractivity (Wildman–Crippen MR) is 87.9 cm³/mol. The number of carbonyl (C=O) groups excluding carboxylic acids is 1. The molecule has 0 radical (unpaired) electrons. The van der Waals surface area contributed by atoms with E-state index in [0.717, 1.165) is 15.4 Å². The fraction of sp³-hybridized carbons (Fsp3) is 0.333. The highest BCUT2D eigenvalue weighted by Crippen LogP contribution is 2.21. The Bertz CT molecular complexity index is 665. The summed E-state index contributed by atoms with van der Waals surface area (Å²) < 4.78 is 0. The Kier molecular flexibility index (Phi) is 5.51. The van der Waals surface area contributed by atoms with Crippen molar-refractivity contribution in [2.45, 2.75) is 19.8 Å².